The number of hydrogen-bond acceptors (Lipinski definition) is 4. The molecule has 0 bridgehead atoms. The highest BCUT2D eigenvalue weighted by Crippen LogP contribution is 2.28. The molecule has 3 rings (SSSR count). The van der Waals surface area contributed by atoms with Crippen LogP contribution in [0.25, 0.3) is 11.3 Å². The van der Waals surface area contributed by atoms with Crippen molar-refractivity contribution in [3.8, 4) is 11.3 Å². The fraction of sp³-hybridized carbons (Fsp3) is 0.200. The first-order valence-electron chi connectivity index (χ1n) is 4.74. The molecule has 0 saturated heterocycles. The van der Waals surface area contributed by atoms with Crippen molar-refractivity contribution < 1.29 is 9.31 Å². The van der Waals surface area contributed by atoms with E-state index in [1.807, 2.05) is 30.3 Å². The Labute approximate surface area is 86.6 Å². The molecule has 76 valence electrons. The van der Waals surface area contributed by atoms with Crippen molar-refractivity contribution in [2.24, 2.45) is 0 Å². The van der Waals surface area contributed by atoms with Crippen LogP contribution in [0.1, 0.15) is 5.56 Å². The Bertz CT molecular complexity index is 520. The molecule has 1 aliphatic heterocycles. The first-order chi connectivity index (χ1) is 7.27. The van der Waals surface area contributed by atoms with Crippen molar-refractivity contribution in [3.63, 3.8) is 0 Å². The van der Waals surface area contributed by atoms with E-state index in [1.165, 1.54) is 5.56 Å². The first kappa shape index (κ1) is 8.28. The topological polar surface area (TPSA) is 59.2 Å². The average molecular weight is 203 g/mol. The maximum absolute atomic E-state index is 5.76. The third-order valence-electron chi connectivity index (χ3n) is 2.64. The van der Waals surface area contributed by atoms with E-state index in [2.05, 4.69) is 11.3 Å². The predicted octanol–water partition coefficient (Wildman–Crippen LogP) is 0.293. The molecule has 2 aromatic rings. The molecule has 0 spiro atoms. The van der Waals surface area contributed by atoms with Crippen LogP contribution >= 0.6 is 0 Å². The van der Waals surface area contributed by atoms with Crippen molar-refractivity contribution in [2.75, 3.05) is 17.8 Å². The molecule has 0 amide bonds. The van der Waals surface area contributed by atoms with Gasteiger partial charge >= 0.3 is 11.6 Å². The van der Waals surface area contributed by atoms with Crippen LogP contribution in [-0.4, -0.2) is 12.3 Å². The van der Waals surface area contributed by atoms with E-state index < -0.39 is 0 Å². The van der Waals surface area contributed by atoms with E-state index in [9.17, 15) is 0 Å². The SMILES string of the molecule is CN1Cc2ccccc2-c2c(N)on[n+]21. The molecule has 15 heavy (non-hydrogen) atoms. The van der Waals surface area contributed by atoms with Crippen LogP contribution in [0, 0.1) is 0 Å². The summed E-state index contributed by atoms with van der Waals surface area (Å²) in [4.78, 5) is 1.69. The lowest BCUT2D eigenvalue weighted by Crippen LogP contribution is -2.59. The zero-order chi connectivity index (χ0) is 10.4. The Morgan fingerprint density at radius 3 is 3.13 bits per heavy atom. The number of nitrogens with two attached hydrogens (primary N) is 1. The normalized spacial score (nSPS) is 13.5. The summed E-state index contributed by atoms with van der Waals surface area (Å²) in [6, 6.07) is 8.12. The number of anilines is 1. The summed E-state index contributed by atoms with van der Waals surface area (Å²) in [5, 5.41) is 5.83. The standard InChI is InChI=1S/C10H11N4O/c1-13-6-7-4-2-3-5-8(7)9-10(11)15-12-14(9)13/h2-5H,6,11H2,1H3/q+1. The molecule has 1 aliphatic rings. The van der Waals surface area contributed by atoms with Crippen molar-refractivity contribution in [3.05, 3.63) is 29.8 Å². The largest absolute Gasteiger partial charge is 0.362 e. The number of aromatic nitrogens is 2. The Morgan fingerprint density at radius 1 is 1.47 bits per heavy atom. The molecule has 2 N–H and O–H groups in total. The van der Waals surface area contributed by atoms with Gasteiger partial charge in [-0.25, -0.2) is 0 Å². The number of nitrogen functional groups attached to an aromatic ring is 1. The van der Waals surface area contributed by atoms with Gasteiger partial charge in [-0.2, -0.15) is 5.01 Å². The maximum Gasteiger partial charge on any atom is 0.338 e. The Kier molecular flexibility index (Phi) is 1.50. The minimum atomic E-state index is 0.356. The molecule has 1 aromatic heterocycles. The summed E-state index contributed by atoms with van der Waals surface area (Å²) < 4.78 is 4.99. The van der Waals surface area contributed by atoms with Crippen LogP contribution in [0.4, 0.5) is 5.88 Å². The van der Waals surface area contributed by atoms with Crippen LogP contribution in [-0.2, 0) is 6.54 Å². The molecule has 0 unspecified atom stereocenters. The van der Waals surface area contributed by atoms with E-state index in [0.717, 1.165) is 17.8 Å². The van der Waals surface area contributed by atoms with Gasteiger partial charge in [0.25, 0.3) is 0 Å². The van der Waals surface area contributed by atoms with Crippen LogP contribution in [0.5, 0.6) is 0 Å². The highest BCUT2D eigenvalue weighted by Gasteiger charge is 2.34. The molecule has 0 fully saturated rings. The van der Waals surface area contributed by atoms with Gasteiger partial charge in [0.2, 0.25) is 5.27 Å². The zero-order valence-corrected chi connectivity index (χ0v) is 8.34. The van der Waals surface area contributed by atoms with E-state index in [1.54, 1.807) is 4.79 Å². The molecule has 0 atom stereocenters. The van der Waals surface area contributed by atoms with Crippen LogP contribution in [0.2, 0.25) is 0 Å². The minimum absolute atomic E-state index is 0.356. The Hall–Kier alpha value is -2.04. The van der Waals surface area contributed by atoms with Gasteiger partial charge in [0, 0.05) is 0 Å². The third-order valence-corrected chi connectivity index (χ3v) is 2.64. The lowest BCUT2D eigenvalue weighted by Gasteiger charge is -2.16. The second-order valence-corrected chi connectivity index (χ2v) is 3.65. The number of benzene rings is 1. The zero-order valence-electron chi connectivity index (χ0n) is 8.34. The molecule has 5 heteroatoms. The van der Waals surface area contributed by atoms with Gasteiger partial charge in [0.05, 0.1) is 17.4 Å². The van der Waals surface area contributed by atoms with Gasteiger partial charge in [0.15, 0.2) is 0 Å². The van der Waals surface area contributed by atoms with E-state index in [0.29, 0.717) is 5.88 Å². The number of hydrogen-bond donors (Lipinski definition) is 1. The molecule has 0 aliphatic carbocycles. The Balaban J connectivity index is 2.33. The number of nitrogens with zero attached hydrogens (tertiary/aromatic N) is 3. The van der Waals surface area contributed by atoms with Crippen LogP contribution in [0.15, 0.2) is 28.8 Å². The summed E-state index contributed by atoms with van der Waals surface area (Å²) in [5.41, 5.74) is 8.92. The fourth-order valence-corrected chi connectivity index (χ4v) is 1.94. The van der Waals surface area contributed by atoms with E-state index >= 15 is 0 Å². The molecule has 1 aromatic carbocycles. The van der Waals surface area contributed by atoms with Gasteiger partial charge in [-0.1, -0.05) is 18.2 Å². The third kappa shape index (κ3) is 1.03. The van der Waals surface area contributed by atoms with Gasteiger partial charge in [-0.15, -0.1) is 0 Å². The monoisotopic (exact) mass is 203 g/mol. The minimum Gasteiger partial charge on any atom is -0.362 e. The summed E-state index contributed by atoms with van der Waals surface area (Å²) in [6.07, 6.45) is 0. The van der Waals surface area contributed by atoms with Gasteiger partial charge < -0.3 is 5.73 Å². The molecule has 0 radical (unpaired) electrons. The average Bonchev–Trinajstić information content (AvgIpc) is 2.62. The summed E-state index contributed by atoms with van der Waals surface area (Å²) in [7, 11) is 1.95. The van der Waals surface area contributed by atoms with E-state index in [4.69, 9.17) is 10.3 Å². The lowest BCUT2D eigenvalue weighted by atomic mass is 10.0. The van der Waals surface area contributed by atoms with Gasteiger partial charge in [-0.05, 0) is 11.6 Å². The van der Waals surface area contributed by atoms with Crippen molar-refractivity contribution in [2.45, 2.75) is 6.54 Å². The molecular weight excluding hydrogens is 192 g/mol. The molecule has 5 nitrogen and oxygen atoms in total. The Morgan fingerprint density at radius 2 is 2.27 bits per heavy atom. The van der Waals surface area contributed by atoms with Crippen LogP contribution in [0.3, 0.4) is 0 Å². The second kappa shape index (κ2) is 2.73. The highest BCUT2D eigenvalue weighted by atomic mass is 16.5. The van der Waals surface area contributed by atoms with Gasteiger partial charge in [0.1, 0.15) is 6.54 Å². The maximum atomic E-state index is 5.76. The van der Waals surface area contributed by atoms with Gasteiger partial charge in [-0.3, -0.25) is 4.52 Å². The second-order valence-electron chi connectivity index (χ2n) is 3.65. The number of rotatable bonds is 0. The highest BCUT2D eigenvalue weighted by molar-refractivity contribution is 5.69. The van der Waals surface area contributed by atoms with Crippen molar-refractivity contribution in [1.29, 1.82) is 0 Å². The number of fused-ring (bicyclic) bond motifs is 3. The van der Waals surface area contributed by atoms with Crippen LogP contribution < -0.4 is 15.5 Å². The summed E-state index contributed by atoms with van der Waals surface area (Å²) >= 11 is 0. The molecule has 0 saturated carbocycles. The first-order valence-corrected chi connectivity index (χ1v) is 4.74. The quantitative estimate of drug-likeness (QED) is 0.625. The molecular formula is C10H11N4O+. The smallest absolute Gasteiger partial charge is 0.338 e. The lowest BCUT2D eigenvalue weighted by molar-refractivity contribution is -0.749. The fourth-order valence-electron chi connectivity index (χ4n) is 1.94. The van der Waals surface area contributed by atoms with Crippen molar-refractivity contribution in [1.82, 2.24) is 5.27 Å². The predicted molar refractivity (Wildman–Crippen MR) is 54.4 cm³/mol. The summed E-state index contributed by atoms with van der Waals surface area (Å²) in [6.45, 7) is 0.805. The van der Waals surface area contributed by atoms with Crippen molar-refractivity contribution >= 4 is 5.88 Å². The molecule has 2 heterocycles. The van der Waals surface area contributed by atoms with E-state index in [-0.39, 0.29) is 0 Å². The summed E-state index contributed by atoms with van der Waals surface area (Å²) in [5.74, 6) is 0.356.